The van der Waals surface area contributed by atoms with Gasteiger partial charge in [-0.3, -0.25) is 14.4 Å². The zero-order valence-corrected chi connectivity index (χ0v) is 54.7. The van der Waals surface area contributed by atoms with E-state index in [0.29, 0.717) is 19.3 Å². The number of carbonyl (C=O) groups excluding carboxylic acids is 3. The molecule has 0 aliphatic carbocycles. The van der Waals surface area contributed by atoms with Crippen LogP contribution in [0.1, 0.15) is 342 Å². The summed E-state index contributed by atoms with van der Waals surface area (Å²) >= 11 is 0. The molecule has 1 atom stereocenters. The summed E-state index contributed by atoms with van der Waals surface area (Å²) < 4.78 is 17.0. The lowest BCUT2D eigenvalue weighted by atomic mass is 10.0. The number of hydrogen-bond acceptors (Lipinski definition) is 6. The van der Waals surface area contributed by atoms with Gasteiger partial charge in [-0.1, -0.05) is 316 Å². The average Bonchev–Trinajstić information content (AvgIpc) is 3.48. The van der Waals surface area contributed by atoms with E-state index in [2.05, 4.69) is 130 Å². The number of hydrogen-bond donors (Lipinski definition) is 0. The Morgan fingerprint density at radius 3 is 0.747 bits per heavy atom. The Bertz CT molecular complexity index is 1660. The van der Waals surface area contributed by atoms with Crippen molar-refractivity contribution in [2.24, 2.45) is 0 Å². The molecule has 6 nitrogen and oxygen atoms in total. The summed E-state index contributed by atoms with van der Waals surface area (Å²) in [5.74, 6) is -0.877. The minimum Gasteiger partial charge on any atom is -0.462 e. The molecule has 0 N–H and O–H groups in total. The van der Waals surface area contributed by atoms with Crippen LogP contribution >= 0.6 is 0 Å². The fraction of sp³-hybridized carbons (Fsp3) is 0.727. The van der Waals surface area contributed by atoms with Crippen molar-refractivity contribution < 1.29 is 28.6 Å². The van der Waals surface area contributed by atoms with Gasteiger partial charge in [-0.15, -0.1) is 0 Å². The Labute approximate surface area is 514 Å². The first-order valence-corrected chi connectivity index (χ1v) is 35.4. The number of ether oxygens (including phenoxy) is 3. The molecule has 1 unspecified atom stereocenters. The molecule has 0 saturated carbocycles. The van der Waals surface area contributed by atoms with Crippen molar-refractivity contribution >= 4 is 17.9 Å². The summed E-state index contributed by atoms with van der Waals surface area (Å²) in [6.07, 6.45) is 97.0. The van der Waals surface area contributed by atoms with Gasteiger partial charge in [-0.05, 0) is 116 Å². The third-order valence-corrected chi connectivity index (χ3v) is 15.2. The largest absolute Gasteiger partial charge is 0.462 e. The molecule has 0 saturated heterocycles. The molecule has 0 aromatic heterocycles. The van der Waals surface area contributed by atoms with Crippen LogP contribution in [0.3, 0.4) is 0 Å². The molecule has 0 bridgehead atoms. The predicted molar refractivity (Wildman–Crippen MR) is 362 cm³/mol. The van der Waals surface area contributed by atoms with E-state index in [1.807, 2.05) is 0 Å². The minimum absolute atomic E-state index is 0.0788. The fourth-order valence-electron chi connectivity index (χ4n) is 10.00. The Morgan fingerprint density at radius 2 is 0.470 bits per heavy atom. The highest BCUT2D eigenvalue weighted by Crippen LogP contribution is 2.17. The monoisotopic (exact) mass is 1150 g/mol. The Balaban J connectivity index is 4.20. The second kappa shape index (κ2) is 70.6. The Morgan fingerprint density at radius 1 is 0.253 bits per heavy atom. The van der Waals surface area contributed by atoms with Gasteiger partial charge in [0.15, 0.2) is 6.10 Å². The molecule has 0 aliphatic heterocycles. The van der Waals surface area contributed by atoms with Crippen LogP contribution in [-0.2, 0) is 28.6 Å². The molecule has 476 valence electrons. The first-order valence-electron chi connectivity index (χ1n) is 35.4. The summed E-state index contributed by atoms with van der Waals surface area (Å²) in [4.78, 5) is 38.4. The van der Waals surface area contributed by atoms with Crippen molar-refractivity contribution in [1.82, 2.24) is 0 Å². The summed E-state index contributed by atoms with van der Waals surface area (Å²) in [5, 5.41) is 0. The quantitative estimate of drug-likeness (QED) is 0.0261. The van der Waals surface area contributed by atoms with Gasteiger partial charge in [0, 0.05) is 19.3 Å². The second-order valence-corrected chi connectivity index (χ2v) is 23.4. The molecule has 0 aromatic carbocycles. The van der Waals surface area contributed by atoms with Gasteiger partial charge >= 0.3 is 17.9 Å². The van der Waals surface area contributed by atoms with Crippen LogP contribution < -0.4 is 0 Å². The number of esters is 3. The molecule has 0 aliphatic rings. The molecule has 0 aromatic rings. The summed E-state index contributed by atoms with van der Waals surface area (Å²) in [5.41, 5.74) is 0. The molecule has 0 fully saturated rings. The number of allylic oxidation sites excluding steroid dienone is 18. The summed E-state index contributed by atoms with van der Waals surface area (Å²) in [7, 11) is 0. The fourth-order valence-corrected chi connectivity index (χ4v) is 10.00. The molecule has 0 amide bonds. The van der Waals surface area contributed by atoms with Gasteiger partial charge < -0.3 is 14.2 Å². The highest BCUT2D eigenvalue weighted by atomic mass is 16.6. The Hall–Kier alpha value is -3.93. The van der Waals surface area contributed by atoms with Gasteiger partial charge in [0.1, 0.15) is 13.2 Å². The van der Waals surface area contributed by atoms with E-state index in [4.69, 9.17) is 14.2 Å². The van der Waals surface area contributed by atoms with E-state index in [1.165, 1.54) is 186 Å². The molecular weight excluding hydrogens is 1020 g/mol. The third-order valence-electron chi connectivity index (χ3n) is 15.2. The van der Waals surface area contributed by atoms with E-state index < -0.39 is 6.10 Å². The number of rotatable bonds is 64. The van der Waals surface area contributed by atoms with Crippen LogP contribution in [0, 0.1) is 0 Å². The van der Waals surface area contributed by atoms with Crippen LogP contribution in [-0.4, -0.2) is 37.2 Å². The summed E-state index contributed by atoms with van der Waals surface area (Å²) in [6.45, 7) is 6.40. The zero-order valence-electron chi connectivity index (χ0n) is 54.7. The van der Waals surface area contributed by atoms with Crippen molar-refractivity contribution in [3.05, 3.63) is 109 Å². The van der Waals surface area contributed by atoms with E-state index >= 15 is 0 Å². The average molecular weight is 1150 g/mol. The standard InChI is InChI=1S/C77H132O6/c1-4-7-10-13-16-19-22-24-26-28-30-32-34-36-37-38-39-41-42-44-46-48-50-52-55-58-61-64-67-70-76(79)82-73-74(72-81-75(78)69-66-63-60-57-54-21-18-15-12-9-6-3)83-77(80)71-68-65-62-59-56-53-51-49-47-45-43-40-35-33-31-29-27-25-23-20-17-14-11-8-5-2/h7-8,10-11,15-20,24-27,30-33,74H,4-6,9,12-14,21-23,28-29,34-73H2,1-3H3/b10-7-,11-8-,18-15-,19-16-,20-17-,26-24-,27-25-,32-30-,33-31-. The van der Waals surface area contributed by atoms with Crippen LogP contribution in [0.4, 0.5) is 0 Å². The SMILES string of the molecule is CC/C=C\C/C=C\C/C=C\C/C=C\CCCCCCCCCCCCCCCCCCC(=O)OCC(COC(=O)CCCCCCC/C=C\CCCC)OC(=O)CCCCCCCCCCCCCC/C=C\C/C=C\C/C=C\C/C=C\CC. The van der Waals surface area contributed by atoms with Crippen molar-refractivity contribution in [3.8, 4) is 0 Å². The van der Waals surface area contributed by atoms with Crippen LogP contribution in [0.2, 0.25) is 0 Å². The number of carbonyl (C=O) groups is 3. The maximum absolute atomic E-state index is 12.9. The Kier molecular flexibility index (Phi) is 67.2. The van der Waals surface area contributed by atoms with E-state index in [0.717, 1.165) is 116 Å². The lowest BCUT2D eigenvalue weighted by molar-refractivity contribution is -0.167. The van der Waals surface area contributed by atoms with Gasteiger partial charge in [-0.2, -0.15) is 0 Å². The third kappa shape index (κ3) is 68.7. The molecule has 83 heavy (non-hydrogen) atoms. The van der Waals surface area contributed by atoms with Crippen molar-refractivity contribution in [2.45, 2.75) is 348 Å². The normalized spacial score (nSPS) is 12.8. The molecular formula is C77H132O6. The maximum atomic E-state index is 12.9. The zero-order chi connectivity index (χ0) is 59.9. The minimum atomic E-state index is -0.783. The van der Waals surface area contributed by atoms with Crippen LogP contribution in [0.5, 0.6) is 0 Å². The van der Waals surface area contributed by atoms with Crippen molar-refractivity contribution in [3.63, 3.8) is 0 Å². The van der Waals surface area contributed by atoms with Gasteiger partial charge in [0.25, 0.3) is 0 Å². The predicted octanol–water partition coefficient (Wildman–Crippen LogP) is 24.6. The maximum Gasteiger partial charge on any atom is 0.306 e. The van der Waals surface area contributed by atoms with Gasteiger partial charge in [0.05, 0.1) is 0 Å². The first-order chi connectivity index (χ1) is 41.0. The highest BCUT2D eigenvalue weighted by molar-refractivity contribution is 5.71. The molecule has 0 rings (SSSR count). The summed E-state index contributed by atoms with van der Waals surface area (Å²) in [6, 6.07) is 0. The van der Waals surface area contributed by atoms with Gasteiger partial charge in [-0.25, -0.2) is 0 Å². The first kappa shape index (κ1) is 79.1. The van der Waals surface area contributed by atoms with Crippen molar-refractivity contribution in [2.75, 3.05) is 13.2 Å². The molecule has 0 radical (unpaired) electrons. The smallest absolute Gasteiger partial charge is 0.306 e. The molecule has 0 heterocycles. The van der Waals surface area contributed by atoms with E-state index in [1.54, 1.807) is 0 Å². The van der Waals surface area contributed by atoms with Gasteiger partial charge in [0.2, 0.25) is 0 Å². The van der Waals surface area contributed by atoms with Crippen molar-refractivity contribution in [1.29, 1.82) is 0 Å². The molecule has 6 heteroatoms. The van der Waals surface area contributed by atoms with E-state index in [9.17, 15) is 14.4 Å². The second-order valence-electron chi connectivity index (χ2n) is 23.4. The lowest BCUT2D eigenvalue weighted by Gasteiger charge is -2.18. The lowest BCUT2D eigenvalue weighted by Crippen LogP contribution is -2.30. The molecule has 0 spiro atoms. The highest BCUT2D eigenvalue weighted by Gasteiger charge is 2.19. The topological polar surface area (TPSA) is 78.9 Å². The van der Waals surface area contributed by atoms with Crippen LogP contribution in [0.25, 0.3) is 0 Å². The van der Waals surface area contributed by atoms with E-state index in [-0.39, 0.29) is 31.1 Å². The van der Waals surface area contributed by atoms with Crippen LogP contribution in [0.15, 0.2) is 109 Å². The number of unbranched alkanes of at least 4 members (excludes halogenated alkanes) is 35.